The summed E-state index contributed by atoms with van der Waals surface area (Å²) in [7, 11) is 5.05. The van der Waals surface area contributed by atoms with Crippen molar-refractivity contribution in [3.63, 3.8) is 0 Å². The number of amides is 1. The zero-order chi connectivity index (χ0) is 19.0. The van der Waals surface area contributed by atoms with Gasteiger partial charge < -0.3 is 14.7 Å². The van der Waals surface area contributed by atoms with Crippen LogP contribution >= 0.6 is 0 Å². The fourth-order valence-electron chi connectivity index (χ4n) is 2.60. The van der Waals surface area contributed by atoms with Crippen LogP contribution in [-0.2, 0) is 9.53 Å². The quantitative estimate of drug-likeness (QED) is 0.844. The molecule has 1 N–H and O–H groups in total. The van der Waals surface area contributed by atoms with Gasteiger partial charge >= 0.3 is 5.97 Å². The average Bonchev–Trinajstić information content (AvgIpc) is 2.92. The lowest BCUT2D eigenvalue weighted by Gasteiger charge is -2.41. The van der Waals surface area contributed by atoms with Crippen LogP contribution in [0, 0.1) is 5.41 Å². The normalized spacial score (nSPS) is 20.3. The lowest BCUT2D eigenvalue weighted by Crippen LogP contribution is -2.55. The zero-order valence-corrected chi connectivity index (χ0v) is 15.5. The third-order valence-electron chi connectivity index (χ3n) is 4.43. The van der Waals surface area contributed by atoms with Crippen molar-refractivity contribution in [2.45, 2.75) is 32.9 Å². The van der Waals surface area contributed by atoms with E-state index in [2.05, 4.69) is 5.10 Å². The molecule has 0 aromatic heterocycles. The van der Waals surface area contributed by atoms with Crippen LogP contribution in [0.1, 0.15) is 37.6 Å². The third kappa shape index (κ3) is 3.37. The number of carbonyl (C=O) groups excluding carboxylic acids is 2. The number of aliphatic hydroxyl groups is 1. The number of benzene rings is 1. The maximum atomic E-state index is 12.9. The number of nitrogens with zero attached hydrogens (tertiary/aromatic N) is 3. The summed E-state index contributed by atoms with van der Waals surface area (Å²) in [6.07, 6.45) is -0.0787. The molecule has 7 heteroatoms. The van der Waals surface area contributed by atoms with Crippen LogP contribution in [0.5, 0.6) is 0 Å². The van der Waals surface area contributed by atoms with Crippen LogP contribution in [0.25, 0.3) is 0 Å². The van der Waals surface area contributed by atoms with Gasteiger partial charge in [-0.2, -0.15) is 10.1 Å². The van der Waals surface area contributed by atoms with Crippen LogP contribution < -0.4 is 4.90 Å². The van der Waals surface area contributed by atoms with Gasteiger partial charge in [-0.15, -0.1) is 0 Å². The summed E-state index contributed by atoms with van der Waals surface area (Å²) in [5, 5.41) is 16.2. The largest absolute Gasteiger partial charge is 0.464 e. The molecular weight excluding hydrogens is 322 g/mol. The Balaban J connectivity index is 2.42. The van der Waals surface area contributed by atoms with Crippen molar-refractivity contribution in [3.8, 4) is 0 Å². The highest BCUT2D eigenvalue weighted by Crippen LogP contribution is 2.41. The Morgan fingerprint density at radius 2 is 1.80 bits per heavy atom. The molecule has 1 amide bonds. The molecule has 0 fully saturated rings. The molecule has 0 aliphatic carbocycles. The van der Waals surface area contributed by atoms with E-state index >= 15 is 0 Å². The predicted octanol–water partition coefficient (Wildman–Crippen LogP) is 1.86. The summed E-state index contributed by atoms with van der Waals surface area (Å²) < 4.78 is 4.69. The van der Waals surface area contributed by atoms with Gasteiger partial charge in [0, 0.05) is 37.2 Å². The van der Waals surface area contributed by atoms with Crippen LogP contribution in [0.4, 0.5) is 5.69 Å². The van der Waals surface area contributed by atoms with Gasteiger partial charge in [-0.1, -0.05) is 20.8 Å². The summed E-state index contributed by atoms with van der Waals surface area (Å²) in [6, 6.07) is 6.97. The molecule has 1 heterocycles. The van der Waals surface area contributed by atoms with Crippen molar-refractivity contribution in [2.24, 2.45) is 10.5 Å². The molecule has 1 aliphatic heterocycles. The molecule has 1 aromatic rings. The molecule has 0 radical (unpaired) electrons. The van der Waals surface area contributed by atoms with E-state index in [1.54, 1.807) is 32.9 Å². The van der Waals surface area contributed by atoms with E-state index in [-0.39, 0.29) is 12.1 Å². The number of esters is 1. The van der Waals surface area contributed by atoms with Crippen molar-refractivity contribution in [3.05, 3.63) is 29.8 Å². The van der Waals surface area contributed by atoms with Gasteiger partial charge in [0.15, 0.2) is 11.4 Å². The number of anilines is 1. The monoisotopic (exact) mass is 347 g/mol. The van der Waals surface area contributed by atoms with Gasteiger partial charge in [-0.05, 0) is 24.3 Å². The van der Waals surface area contributed by atoms with Gasteiger partial charge in [-0.3, -0.25) is 4.79 Å². The highest BCUT2D eigenvalue weighted by atomic mass is 16.5. The molecular formula is C18H25N3O4. The fraction of sp³-hybridized carbons (Fsp3) is 0.500. The third-order valence-corrected chi connectivity index (χ3v) is 4.43. The zero-order valence-electron chi connectivity index (χ0n) is 15.5. The number of hydrogen-bond acceptors (Lipinski definition) is 6. The van der Waals surface area contributed by atoms with Crippen molar-refractivity contribution in [1.82, 2.24) is 5.01 Å². The van der Waals surface area contributed by atoms with Gasteiger partial charge in [-0.25, -0.2) is 4.79 Å². The maximum Gasteiger partial charge on any atom is 0.354 e. The summed E-state index contributed by atoms with van der Waals surface area (Å²) in [5.41, 5.74) is -0.983. The molecule has 2 rings (SSSR count). The second kappa shape index (κ2) is 6.48. The molecule has 0 bridgehead atoms. The first-order chi connectivity index (χ1) is 11.5. The average molecular weight is 347 g/mol. The van der Waals surface area contributed by atoms with E-state index in [4.69, 9.17) is 4.74 Å². The molecule has 0 saturated heterocycles. The van der Waals surface area contributed by atoms with E-state index < -0.39 is 23.0 Å². The minimum Gasteiger partial charge on any atom is -0.464 e. The second-order valence-electron chi connectivity index (χ2n) is 7.34. The molecule has 0 unspecified atom stereocenters. The molecule has 1 aromatic carbocycles. The first kappa shape index (κ1) is 18.9. The fourth-order valence-corrected chi connectivity index (χ4v) is 2.60. The van der Waals surface area contributed by atoms with Crippen molar-refractivity contribution < 1.29 is 19.4 Å². The topological polar surface area (TPSA) is 82.4 Å². The van der Waals surface area contributed by atoms with E-state index in [1.807, 2.05) is 31.1 Å². The van der Waals surface area contributed by atoms with Gasteiger partial charge in [0.2, 0.25) is 0 Å². The molecule has 0 saturated carbocycles. The molecule has 1 aliphatic rings. The van der Waals surface area contributed by atoms with Crippen LogP contribution in [0.3, 0.4) is 0 Å². The summed E-state index contributed by atoms with van der Waals surface area (Å²) in [4.78, 5) is 26.7. The second-order valence-corrected chi connectivity index (χ2v) is 7.34. The first-order valence-electron chi connectivity index (χ1n) is 8.01. The van der Waals surface area contributed by atoms with E-state index in [1.165, 1.54) is 7.11 Å². The van der Waals surface area contributed by atoms with E-state index in [0.717, 1.165) is 10.7 Å². The van der Waals surface area contributed by atoms with Crippen LogP contribution in [-0.4, -0.2) is 54.6 Å². The number of ether oxygens (including phenoxy) is 1. The molecule has 0 spiro atoms. The molecule has 136 valence electrons. The summed E-state index contributed by atoms with van der Waals surface area (Å²) >= 11 is 0. The number of carbonyl (C=O) groups is 2. The number of methoxy groups -OCH3 is 1. The summed E-state index contributed by atoms with van der Waals surface area (Å²) in [5.74, 6) is -1.12. The smallest absolute Gasteiger partial charge is 0.354 e. The minimum atomic E-state index is -1.62. The predicted molar refractivity (Wildman–Crippen MR) is 95.4 cm³/mol. The first-order valence-corrected chi connectivity index (χ1v) is 8.01. The SMILES string of the molecule is COC(=O)C1=NN(C(=O)c2ccc(N(C)C)cc2)[C@](O)(C(C)(C)C)C1. The highest BCUT2D eigenvalue weighted by Gasteiger charge is 2.54. The minimum absolute atomic E-state index is 0.0261. The standard InChI is InChI=1S/C18H25N3O4/c1-17(2,3)18(24)11-14(16(23)25-6)19-21(18)15(22)12-7-9-13(10-8-12)20(4)5/h7-10,24H,11H2,1-6H3/t18-/m1/s1. The number of hydrogen-bond donors (Lipinski definition) is 1. The Labute approximate surface area is 147 Å². The number of hydrazone groups is 1. The van der Waals surface area contributed by atoms with Gasteiger partial charge in [0.1, 0.15) is 0 Å². The van der Waals surface area contributed by atoms with Crippen molar-refractivity contribution >= 4 is 23.3 Å². The van der Waals surface area contributed by atoms with Crippen LogP contribution in [0.2, 0.25) is 0 Å². The van der Waals surface area contributed by atoms with E-state index in [0.29, 0.717) is 5.56 Å². The molecule has 1 atom stereocenters. The molecule has 7 nitrogen and oxygen atoms in total. The van der Waals surface area contributed by atoms with Gasteiger partial charge in [0.05, 0.1) is 7.11 Å². The highest BCUT2D eigenvalue weighted by molar-refractivity contribution is 6.37. The Morgan fingerprint density at radius 1 is 1.24 bits per heavy atom. The summed E-state index contributed by atoms with van der Waals surface area (Å²) in [6.45, 7) is 5.37. The maximum absolute atomic E-state index is 12.9. The van der Waals surface area contributed by atoms with Crippen molar-refractivity contribution in [2.75, 3.05) is 26.1 Å². The Kier molecular flexibility index (Phi) is 4.90. The van der Waals surface area contributed by atoms with Crippen LogP contribution in [0.15, 0.2) is 29.4 Å². The Bertz CT molecular complexity index is 704. The van der Waals surface area contributed by atoms with E-state index in [9.17, 15) is 14.7 Å². The Hall–Kier alpha value is -2.41. The Morgan fingerprint density at radius 3 is 2.24 bits per heavy atom. The van der Waals surface area contributed by atoms with Crippen molar-refractivity contribution in [1.29, 1.82) is 0 Å². The number of rotatable bonds is 3. The lowest BCUT2D eigenvalue weighted by molar-refractivity contribution is -0.144. The van der Waals surface area contributed by atoms with Gasteiger partial charge in [0.25, 0.3) is 5.91 Å². The lowest BCUT2D eigenvalue weighted by atomic mass is 9.80. The molecule has 25 heavy (non-hydrogen) atoms.